The van der Waals surface area contributed by atoms with Crippen molar-refractivity contribution in [3.8, 4) is 0 Å². The Balaban J connectivity index is 1.87. The van der Waals surface area contributed by atoms with Gasteiger partial charge in [-0.3, -0.25) is 4.68 Å². The zero-order chi connectivity index (χ0) is 13.2. The molecule has 19 heavy (non-hydrogen) atoms. The highest BCUT2D eigenvalue weighted by Crippen LogP contribution is 2.35. The number of nitrogens with one attached hydrogen (secondary N) is 1. The molecule has 0 aliphatic heterocycles. The lowest BCUT2D eigenvalue weighted by Crippen LogP contribution is -2.31. The standard InChI is InChI=1S/C15H25N3O/c1-2-16-12-6-5-8-13-11(12)10-17-18(13)14-7-3-4-9-15(14)19/h10,12,14-16,19H,2-9H2,1H3. The average Bonchev–Trinajstić information content (AvgIpc) is 2.85. The average molecular weight is 263 g/mol. The fourth-order valence-corrected chi connectivity index (χ4v) is 3.70. The molecule has 2 N–H and O–H groups in total. The highest BCUT2D eigenvalue weighted by molar-refractivity contribution is 5.25. The smallest absolute Gasteiger partial charge is 0.0781 e. The second kappa shape index (κ2) is 5.63. The van der Waals surface area contributed by atoms with E-state index in [1.165, 1.54) is 30.5 Å². The minimum absolute atomic E-state index is 0.206. The summed E-state index contributed by atoms with van der Waals surface area (Å²) in [6.07, 6.45) is 9.73. The van der Waals surface area contributed by atoms with Crippen LogP contribution in [-0.4, -0.2) is 27.5 Å². The number of hydrogen-bond donors (Lipinski definition) is 2. The highest BCUT2D eigenvalue weighted by atomic mass is 16.3. The summed E-state index contributed by atoms with van der Waals surface area (Å²) in [5.41, 5.74) is 2.73. The van der Waals surface area contributed by atoms with Crippen LogP contribution in [0.5, 0.6) is 0 Å². The molecule has 1 heterocycles. The summed E-state index contributed by atoms with van der Waals surface area (Å²) in [6, 6.07) is 0.668. The Morgan fingerprint density at radius 3 is 2.95 bits per heavy atom. The molecular formula is C15H25N3O. The molecule has 2 aliphatic carbocycles. The molecule has 0 aromatic carbocycles. The van der Waals surface area contributed by atoms with E-state index in [1.807, 2.05) is 6.20 Å². The first-order valence-corrected chi connectivity index (χ1v) is 7.79. The lowest BCUT2D eigenvalue weighted by molar-refractivity contribution is 0.0676. The SMILES string of the molecule is CCNC1CCCc2c1cnn2C1CCCCC1O. The van der Waals surface area contributed by atoms with Crippen LogP contribution in [0.3, 0.4) is 0 Å². The molecule has 1 fully saturated rings. The summed E-state index contributed by atoms with van der Waals surface area (Å²) < 4.78 is 2.14. The molecule has 0 radical (unpaired) electrons. The molecule has 106 valence electrons. The first kappa shape index (κ1) is 13.1. The molecule has 4 heteroatoms. The quantitative estimate of drug-likeness (QED) is 0.880. The maximum Gasteiger partial charge on any atom is 0.0781 e. The van der Waals surface area contributed by atoms with Gasteiger partial charge in [0, 0.05) is 17.3 Å². The topological polar surface area (TPSA) is 50.1 Å². The minimum atomic E-state index is -0.211. The first-order valence-electron chi connectivity index (χ1n) is 7.79. The van der Waals surface area contributed by atoms with Gasteiger partial charge in [-0.05, 0) is 38.6 Å². The third kappa shape index (κ3) is 2.43. The number of rotatable bonds is 3. The molecule has 3 rings (SSSR count). The van der Waals surface area contributed by atoms with Crippen LogP contribution in [0.1, 0.15) is 68.8 Å². The Morgan fingerprint density at radius 1 is 1.32 bits per heavy atom. The van der Waals surface area contributed by atoms with E-state index < -0.39 is 0 Å². The molecule has 1 saturated carbocycles. The molecule has 0 amide bonds. The zero-order valence-corrected chi connectivity index (χ0v) is 11.8. The van der Waals surface area contributed by atoms with Crippen LogP contribution in [-0.2, 0) is 6.42 Å². The van der Waals surface area contributed by atoms with Gasteiger partial charge in [0.1, 0.15) is 0 Å². The molecule has 1 aromatic rings. The Labute approximate surface area is 115 Å². The van der Waals surface area contributed by atoms with Gasteiger partial charge in [-0.25, -0.2) is 0 Å². The largest absolute Gasteiger partial charge is 0.391 e. The van der Waals surface area contributed by atoms with Gasteiger partial charge < -0.3 is 10.4 Å². The van der Waals surface area contributed by atoms with Crippen molar-refractivity contribution in [2.24, 2.45) is 0 Å². The van der Waals surface area contributed by atoms with Crippen LogP contribution in [0.15, 0.2) is 6.20 Å². The second-order valence-corrected chi connectivity index (χ2v) is 5.91. The summed E-state index contributed by atoms with van der Waals surface area (Å²) >= 11 is 0. The monoisotopic (exact) mass is 263 g/mol. The van der Waals surface area contributed by atoms with Gasteiger partial charge >= 0.3 is 0 Å². The Morgan fingerprint density at radius 2 is 2.16 bits per heavy atom. The summed E-state index contributed by atoms with van der Waals surface area (Å²) in [5.74, 6) is 0. The van der Waals surface area contributed by atoms with E-state index in [9.17, 15) is 5.11 Å². The predicted octanol–water partition coefficient (Wildman–Crippen LogP) is 2.35. The van der Waals surface area contributed by atoms with Crippen molar-refractivity contribution in [3.05, 3.63) is 17.5 Å². The fraction of sp³-hybridized carbons (Fsp3) is 0.800. The molecule has 3 unspecified atom stereocenters. The van der Waals surface area contributed by atoms with Gasteiger partial charge in [-0.15, -0.1) is 0 Å². The molecule has 3 atom stereocenters. The maximum absolute atomic E-state index is 10.2. The van der Waals surface area contributed by atoms with Crippen molar-refractivity contribution in [2.45, 2.75) is 70.1 Å². The predicted molar refractivity (Wildman–Crippen MR) is 75.1 cm³/mol. The van der Waals surface area contributed by atoms with E-state index in [0.717, 1.165) is 32.2 Å². The second-order valence-electron chi connectivity index (χ2n) is 5.91. The number of fused-ring (bicyclic) bond motifs is 1. The lowest BCUT2D eigenvalue weighted by Gasteiger charge is -2.31. The van der Waals surface area contributed by atoms with E-state index in [1.54, 1.807) is 0 Å². The Bertz CT molecular complexity index is 429. The van der Waals surface area contributed by atoms with Gasteiger partial charge in [0.2, 0.25) is 0 Å². The van der Waals surface area contributed by atoms with E-state index >= 15 is 0 Å². The van der Waals surface area contributed by atoms with Crippen molar-refractivity contribution >= 4 is 0 Å². The normalized spacial score (nSPS) is 31.2. The summed E-state index contributed by atoms with van der Waals surface area (Å²) in [7, 11) is 0. The van der Waals surface area contributed by atoms with Gasteiger partial charge in [0.25, 0.3) is 0 Å². The molecule has 0 bridgehead atoms. The summed E-state index contributed by atoms with van der Waals surface area (Å²) in [6.45, 7) is 3.16. The van der Waals surface area contributed by atoms with Gasteiger partial charge in [-0.1, -0.05) is 19.8 Å². The van der Waals surface area contributed by atoms with Crippen LogP contribution in [0.4, 0.5) is 0 Å². The van der Waals surface area contributed by atoms with Gasteiger partial charge in [-0.2, -0.15) is 5.10 Å². The minimum Gasteiger partial charge on any atom is -0.391 e. The first-order chi connectivity index (χ1) is 9.31. The van der Waals surface area contributed by atoms with Crippen molar-refractivity contribution in [1.29, 1.82) is 0 Å². The molecule has 2 aliphatic rings. The van der Waals surface area contributed by atoms with Crippen LogP contribution in [0.2, 0.25) is 0 Å². The summed E-state index contributed by atoms with van der Waals surface area (Å²) in [4.78, 5) is 0. The van der Waals surface area contributed by atoms with E-state index in [0.29, 0.717) is 6.04 Å². The third-order valence-electron chi connectivity index (χ3n) is 4.67. The lowest BCUT2D eigenvalue weighted by atomic mass is 9.90. The van der Waals surface area contributed by atoms with Crippen molar-refractivity contribution < 1.29 is 5.11 Å². The third-order valence-corrected chi connectivity index (χ3v) is 4.67. The molecule has 0 spiro atoms. The van der Waals surface area contributed by atoms with Crippen molar-refractivity contribution in [2.75, 3.05) is 6.54 Å². The van der Waals surface area contributed by atoms with E-state index in [-0.39, 0.29) is 12.1 Å². The zero-order valence-electron chi connectivity index (χ0n) is 11.8. The number of aliphatic hydroxyl groups is 1. The Hall–Kier alpha value is -0.870. The highest BCUT2D eigenvalue weighted by Gasteiger charge is 2.30. The number of aromatic nitrogens is 2. The van der Waals surface area contributed by atoms with E-state index in [4.69, 9.17) is 0 Å². The Kier molecular flexibility index (Phi) is 3.89. The number of nitrogens with zero attached hydrogens (tertiary/aromatic N) is 2. The van der Waals surface area contributed by atoms with Gasteiger partial charge in [0.05, 0.1) is 18.3 Å². The van der Waals surface area contributed by atoms with E-state index in [2.05, 4.69) is 22.0 Å². The van der Waals surface area contributed by atoms with Crippen LogP contribution in [0.25, 0.3) is 0 Å². The molecule has 1 aromatic heterocycles. The maximum atomic E-state index is 10.2. The van der Waals surface area contributed by atoms with Crippen LogP contribution >= 0.6 is 0 Å². The molecular weight excluding hydrogens is 238 g/mol. The number of aliphatic hydroxyl groups excluding tert-OH is 1. The molecule has 0 saturated heterocycles. The van der Waals surface area contributed by atoms with Crippen LogP contribution in [0, 0.1) is 0 Å². The van der Waals surface area contributed by atoms with Crippen LogP contribution < -0.4 is 5.32 Å². The van der Waals surface area contributed by atoms with Crippen molar-refractivity contribution in [1.82, 2.24) is 15.1 Å². The summed E-state index contributed by atoms with van der Waals surface area (Å²) in [5, 5.41) is 18.4. The van der Waals surface area contributed by atoms with Gasteiger partial charge in [0.15, 0.2) is 0 Å². The fourth-order valence-electron chi connectivity index (χ4n) is 3.70. The number of hydrogen-bond acceptors (Lipinski definition) is 3. The molecule has 4 nitrogen and oxygen atoms in total. The van der Waals surface area contributed by atoms with Crippen molar-refractivity contribution in [3.63, 3.8) is 0 Å².